The van der Waals surface area contributed by atoms with Crippen molar-refractivity contribution in [1.82, 2.24) is 14.6 Å². The van der Waals surface area contributed by atoms with Crippen LogP contribution in [0.1, 0.15) is 0 Å². The normalized spacial score (nSPS) is 17.6. The highest BCUT2D eigenvalue weighted by Gasteiger charge is 2.17. The molecule has 3 rings (SSSR count). The monoisotopic (exact) mass is 326 g/mol. The molecule has 0 aliphatic carbocycles. The van der Waals surface area contributed by atoms with Gasteiger partial charge in [-0.1, -0.05) is 15.9 Å². The van der Waals surface area contributed by atoms with Crippen LogP contribution >= 0.6 is 28.1 Å². The van der Waals surface area contributed by atoms with Gasteiger partial charge in [0.15, 0.2) is 4.77 Å². The molecule has 0 spiro atoms. The number of hydrogen-bond donors (Lipinski definition) is 1. The van der Waals surface area contributed by atoms with Crippen LogP contribution in [0.25, 0.3) is 11.0 Å². The van der Waals surface area contributed by atoms with E-state index < -0.39 is 0 Å². The number of fused-ring (bicyclic) bond motifs is 1. The molecule has 1 aromatic heterocycles. The molecule has 0 radical (unpaired) electrons. The molecule has 1 saturated heterocycles. The summed E-state index contributed by atoms with van der Waals surface area (Å²) in [5.74, 6) is 0. The predicted octanol–water partition coefficient (Wildman–Crippen LogP) is 2.34. The van der Waals surface area contributed by atoms with Crippen molar-refractivity contribution < 1.29 is 0 Å². The topological polar surface area (TPSA) is 27.2 Å². The van der Waals surface area contributed by atoms with Crippen molar-refractivity contribution in [3.8, 4) is 0 Å². The van der Waals surface area contributed by atoms with Gasteiger partial charge < -0.3 is 14.9 Å². The molecule has 0 bridgehead atoms. The largest absolute Gasteiger partial charge is 0.329 e. The molecule has 96 valence electrons. The lowest BCUT2D eigenvalue weighted by Crippen LogP contribution is -2.49. The van der Waals surface area contributed by atoms with Crippen molar-refractivity contribution in [2.75, 3.05) is 38.2 Å². The van der Waals surface area contributed by atoms with Gasteiger partial charge in [0.25, 0.3) is 0 Å². The van der Waals surface area contributed by atoms with Crippen molar-refractivity contribution in [2.45, 2.75) is 0 Å². The molecule has 2 aromatic rings. The van der Waals surface area contributed by atoms with Crippen LogP contribution in [0, 0.1) is 4.77 Å². The first-order valence-corrected chi connectivity index (χ1v) is 7.19. The molecule has 0 unspecified atom stereocenters. The van der Waals surface area contributed by atoms with Gasteiger partial charge in [0.05, 0.1) is 11.0 Å². The minimum absolute atomic E-state index is 0.771. The summed E-state index contributed by atoms with van der Waals surface area (Å²) >= 11 is 8.96. The van der Waals surface area contributed by atoms with Gasteiger partial charge in [-0.3, -0.25) is 0 Å². The minimum atomic E-state index is 0.771. The van der Waals surface area contributed by atoms with E-state index in [1.54, 1.807) is 0 Å². The van der Waals surface area contributed by atoms with Crippen LogP contribution in [0.15, 0.2) is 22.7 Å². The first-order valence-electron chi connectivity index (χ1n) is 5.99. The number of piperazine rings is 1. The maximum Gasteiger partial charge on any atom is 0.197 e. The second-order valence-electron chi connectivity index (χ2n) is 4.66. The first-order chi connectivity index (χ1) is 8.65. The van der Waals surface area contributed by atoms with Crippen molar-refractivity contribution in [1.29, 1.82) is 0 Å². The Labute approximate surface area is 119 Å². The van der Waals surface area contributed by atoms with Gasteiger partial charge in [0, 0.05) is 30.7 Å². The number of hydrogen-bond acceptors (Lipinski definition) is 3. The molecule has 4 nitrogen and oxygen atoms in total. The average molecular weight is 327 g/mol. The van der Waals surface area contributed by atoms with E-state index in [-0.39, 0.29) is 0 Å². The summed E-state index contributed by atoms with van der Waals surface area (Å²) in [6, 6.07) is 6.20. The van der Waals surface area contributed by atoms with Gasteiger partial charge in [-0.2, -0.15) is 0 Å². The Hall–Kier alpha value is -0.850. The summed E-state index contributed by atoms with van der Waals surface area (Å²) in [5.41, 5.74) is 2.22. The van der Waals surface area contributed by atoms with Gasteiger partial charge in [-0.05, 0) is 37.5 Å². The molecule has 1 aliphatic rings. The summed E-state index contributed by atoms with van der Waals surface area (Å²) in [4.78, 5) is 5.60. The summed E-state index contributed by atoms with van der Waals surface area (Å²) in [7, 11) is 2.16. The number of halogens is 1. The molecule has 1 aromatic carbocycles. The van der Waals surface area contributed by atoms with E-state index in [1.165, 1.54) is 0 Å². The number of benzene rings is 1. The zero-order chi connectivity index (χ0) is 12.7. The molecular weight excluding hydrogens is 312 g/mol. The fraction of sp³-hybridized carbons (Fsp3) is 0.417. The Kier molecular flexibility index (Phi) is 3.17. The molecule has 0 saturated carbocycles. The Morgan fingerprint density at radius 2 is 1.94 bits per heavy atom. The van der Waals surface area contributed by atoms with Crippen LogP contribution < -0.4 is 5.01 Å². The molecule has 1 aliphatic heterocycles. The highest BCUT2D eigenvalue weighted by atomic mass is 79.9. The zero-order valence-corrected chi connectivity index (χ0v) is 12.6. The van der Waals surface area contributed by atoms with Gasteiger partial charge in [-0.25, -0.2) is 4.68 Å². The van der Waals surface area contributed by atoms with E-state index in [2.05, 4.69) is 54.7 Å². The lowest BCUT2D eigenvalue weighted by atomic mass is 10.3. The Balaban J connectivity index is 2.08. The first kappa shape index (κ1) is 12.2. The minimum Gasteiger partial charge on any atom is -0.329 e. The van der Waals surface area contributed by atoms with Gasteiger partial charge >= 0.3 is 0 Å². The lowest BCUT2D eigenvalue weighted by Gasteiger charge is -2.34. The molecule has 0 atom stereocenters. The standard InChI is InChI=1S/C12H15BrN4S/c1-15-4-6-16(7-5-15)17-11-8-9(13)2-3-10(11)14-12(17)18/h2-3,8H,4-7H2,1H3,(H,14,18). The third kappa shape index (κ3) is 2.08. The van der Waals surface area contributed by atoms with Crippen molar-refractivity contribution in [3.63, 3.8) is 0 Å². The van der Waals surface area contributed by atoms with E-state index in [4.69, 9.17) is 12.2 Å². The average Bonchev–Trinajstić information content (AvgIpc) is 2.66. The molecule has 0 amide bonds. The van der Waals surface area contributed by atoms with Crippen LogP contribution in [0.2, 0.25) is 0 Å². The maximum atomic E-state index is 5.44. The summed E-state index contributed by atoms with van der Waals surface area (Å²) < 4.78 is 3.97. The lowest BCUT2D eigenvalue weighted by molar-refractivity contribution is 0.288. The van der Waals surface area contributed by atoms with Crippen LogP contribution in [0.4, 0.5) is 0 Å². The number of H-pyrrole nitrogens is 1. The van der Waals surface area contributed by atoms with Crippen molar-refractivity contribution >= 4 is 39.2 Å². The van der Waals surface area contributed by atoms with Gasteiger partial charge in [0.2, 0.25) is 0 Å². The maximum absolute atomic E-state index is 5.44. The van der Waals surface area contributed by atoms with Crippen LogP contribution in [0.5, 0.6) is 0 Å². The predicted molar refractivity (Wildman–Crippen MR) is 80.3 cm³/mol. The molecule has 18 heavy (non-hydrogen) atoms. The fourth-order valence-corrected chi connectivity index (χ4v) is 3.01. The van der Waals surface area contributed by atoms with Crippen molar-refractivity contribution in [2.24, 2.45) is 0 Å². The smallest absolute Gasteiger partial charge is 0.197 e. The number of aromatic nitrogens is 2. The van der Waals surface area contributed by atoms with Crippen LogP contribution in [-0.2, 0) is 0 Å². The number of likely N-dealkylation sites (N-methyl/N-ethyl adjacent to an activating group) is 1. The highest BCUT2D eigenvalue weighted by Crippen LogP contribution is 2.20. The number of nitrogens with zero attached hydrogens (tertiary/aromatic N) is 3. The molecule has 6 heteroatoms. The second kappa shape index (κ2) is 4.68. The van der Waals surface area contributed by atoms with E-state index in [1.807, 2.05) is 6.07 Å². The molecule has 1 N–H and O–H groups in total. The Morgan fingerprint density at radius 3 is 2.67 bits per heavy atom. The van der Waals surface area contributed by atoms with Crippen LogP contribution in [0.3, 0.4) is 0 Å². The van der Waals surface area contributed by atoms with E-state index in [0.717, 1.165) is 46.5 Å². The summed E-state index contributed by atoms with van der Waals surface area (Å²) in [5, 5.41) is 2.31. The fourth-order valence-electron chi connectivity index (χ4n) is 2.34. The molecule has 1 fully saturated rings. The third-order valence-electron chi connectivity index (χ3n) is 3.38. The Bertz CT molecular complexity index is 625. The van der Waals surface area contributed by atoms with E-state index in [0.29, 0.717) is 0 Å². The third-order valence-corrected chi connectivity index (χ3v) is 4.15. The van der Waals surface area contributed by atoms with E-state index >= 15 is 0 Å². The summed E-state index contributed by atoms with van der Waals surface area (Å²) in [6.45, 7) is 4.15. The summed E-state index contributed by atoms with van der Waals surface area (Å²) in [6.07, 6.45) is 0. The highest BCUT2D eigenvalue weighted by molar-refractivity contribution is 9.10. The van der Waals surface area contributed by atoms with E-state index in [9.17, 15) is 0 Å². The number of nitrogens with one attached hydrogen (secondary N) is 1. The number of rotatable bonds is 1. The second-order valence-corrected chi connectivity index (χ2v) is 5.96. The number of aromatic amines is 1. The quantitative estimate of drug-likeness (QED) is 0.815. The molecular formula is C12H15BrN4S. The molecule has 2 heterocycles. The van der Waals surface area contributed by atoms with Crippen LogP contribution in [-0.4, -0.2) is 47.8 Å². The van der Waals surface area contributed by atoms with Crippen molar-refractivity contribution in [3.05, 3.63) is 27.4 Å². The Morgan fingerprint density at radius 1 is 1.22 bits per heavy atom. The zero-order valence-electron chi connectivity index (χ0n) is 10.2. The SMILES string of the molecule is CN1CCN(n2c(=S)[nH]c3ccc(Br)cc32)CC1. The van der Waals surface area contributed by atoms with Gasteiger partial charge in [-0.15, -0.1) is 0 Å². The number of imidazole rings is 1. The van der Waals surface area contributed by atoms with Gasteiger partial charge in [0.1, 0.15) is 0 Å².